The minimum absolute atomic E-state index is 1.44. The maximum absolute atomic E-state index is 9.51. The van der Waals surface area contributed by atoms with E-state index in [2.05, 4.69) is 8.37 Å². The average molecular weight is 184 g/mol. The molecule has 2 atom stereocenters. The quantitative estimate of drug-likeness (QED) is 0.383. The summed E-state index contributed by atoms with van der Waals surface area (Å²) in [6.07, 6.45) is 2.88. The summed E-state index contributed by atoms with van der Waals surface area (Å²) in [6.45, 7) is 0. The minimum atomic E-state index is -2.78. The summed E-state index contributed by atoms with van der Waals surface area (Å²) in [7, 11) is 0. The van der Waals surface area contributed by atoms with E-state index in [9.17, 15) is 17.5 Å². The maximum atomic E-state index is 9.51. The van der Waals surface area contributed by atoms with Crippen molar-refractivity contribution in [3.05, 3.63) is 0 Å². The summed E-state index contributed by atoms with van der Waals surface area (Å²) in [5, 5.41) is 0. The molecule has 0 amide bonds. The van der Waals surface area contributed by atoms with Gasteiger partial charge in [-0.1, -0.05) is 0 Å². The summed E-state index contributed by atoms with van der Waals surface area (Å²) < 4.78 is 45.1. The second kappa shape index (κ2) is 5.19. The zero-order valence-corrected chi connectivity index (χ0v) is 5.90. The standard InChI is InChI=1S/C2H2O6S2/c3-9(4)7-1-2-8-10(5)6/h(H,3,4)(H,5,6)/p-2. The van der Waals surface area contributed by atoms with E-state index in [0.717, 1.165) is 0 Å². The van der Waals surface area contributed by atoms with Crippen LogP contribution in [0.2, 0.25) is 0 Å². The highest BCUT2D eigenvalue weighted by Gasteiger charge is 1.74. The molecule has 0 spiro atoms. The molecular weight excluding hydrogens is 184 g/mol. The Labute approximate surface area is 61.5 Å². The molecule has 0 saturated heterocycles. The topological polar surface area (TPSA) is 98.7 Å². The van der Waals surface area contributed by atoms with Crippen LogP contribution in [0.5, 0.6) is 0 Å². The van der Waals surface area contributed by atoms with Crippen LogP contribution in [0.4, 0.5) is 0 Å². The molecule has 0 bridgehead atoms. The normalized spacial score (nSPS) is 14.2. The molecule has 0 aromatic heterocycles. The van der Waals surface area contributed by atoms with E-state index in [1.165, 1.54) is 12.2 Å². The second-order valence-corrected chi connectivity index (χ2v) is 1.93. The molecule has 0 fully saturated rings. The molecule has 0 radical (unpaired) electrons. The van der Waals surface area contributed by atoms with Crippen LogP contribution >= 0.6 is 0 Å². The summed E-state index contributed by atoms with van der Waals surface area (Å²) in [5.41, 5.74) is 0. The molecule has 0 saturated carbocycles. The van der Waals surface area contributed by atoms with Crippen molar-refractivity contribution < 1.29 is 25.9 Å². The van der Waals surface area contributed by atoms with Gasteiger partial charge in [-0.25, -0.2) is 8.42 Å². The molecule has 0 rings (SSSR count). The van der Waals surface area contributed by atoms with Crippen LogP contribution in [0, 0.1) is 12.2 Å². The first-order valence-electron chi connectivity index (χ1n) is 1.66. The maximum Gasteiger partial charge on any atom is 0.174 e. The second-order valence-electron chi connectivity index (χ2n) is 0.779. The van der Waals surface area contributed by atoms with Gasteiger partial charge in [0.15, 0.2) is 34.9 Å². The molecule has 8 heteroatoms. The van der Waals surface area contributed by atoms with Gasteiger partial charge in [0.2, 0.25) is 0 Å². The Morgan fingerprint density at radius 3 is 1.50 bits per heavy atom. The number of hydrogen-bond acceptors (Lipinski definition) is 6. The number of hydrogen-bond donors (Lipinski definition) is 0. The highest BCUT2D eigenvalue weighted by atomic mass is 32.2. The summed E-state index contributed by atoms with van der Waals surface area (Å²) >= 11 is -5.57. The van der Waals surface area contributed by atoms with Crippen LogP contribution in [0.1, 0.15) is 0 Å². The molecule has 0 heterocycles. The lowest BCUT2D eigenvalue weighted by Gasteiger charge is -1.97. The smallest absolute Gasteiger partial charge is 0.174 e. The lowest BCUT2D eigenvalue weighted by Crippen LogP contribution is -1.90. The minimum Gasteiger partial charge on any atom is -0.739 e. The van der Waals surface area contributed by atoms with Crippen molar-refractivity contribution in [2.45, 2.75) is 0 Å². The van der Waals surface area contributed by atoms with Gasteiger partial charge in [-0.05, 0) is 0 Å². The van der Waals surface area contributed by atoms with Crippen molar-refractivity contribution in [3.8, 4) is 12.2 Å². The fourth-order valence-corrected chi connectivity index (χ4v) is 0.306. The van der Waals surface area contributed by atoms with Gasteiger partial charge in [0.1, 0.15) is 0 Å². The Morgan fingerprint density at radius 1 is 1.00 bits per heavy atom. The Morgan fingerprint density at radius 2 is 1.30 bits per heavy atom. The predicted molar refractivity (Wildman–Crippen MR) is 27.8 cm³/mol. The van der Waals surface area contributed by atoms with Gasteiger partial charge < -0.3 is 17.5 Å². The molecule has 0 aromatic rings. The van der Waals surface area contributed by atoms with Crippen molar-refractivity contribution in [2.24, 2.45) is 0 Å². The average Bonchev–Trinajstić information content (AvgIpc) is 1.79. The van der Waals surface area contributed by atoms with E-state index in [-0.39, 0.29) is 0 Å². The molecule has 10 heavy (non-hydrogen) atoms. The lowest BCUT2D eigenvalue weighted by molar-refractivity contribution is 0.403. The van der Waals surface area contributed by atoms with Crippen molar-refractivity contribution in [2.75, 3.05) is 0 Å². The SMILES string of the molecule is O=S([O-])OC#COS(=O)[O-]. The van der Waals surface area contributed by atoms with Crippen LogP contribution in [-0.2, 0) is 31.1 Å². The molecule has 6 nitrogen and oxygen atoms in total. The van der Waals surface area contributed by atoms with E-state index in [4.69, 9.17) is 0 Å². The van der Waals surface area contributed by atoms with Crippen molar-refractivity contribution in [1.29, 1.82) is 0 Å². The lowest BCUT2D eigenvalue weighted by atomic mass is 11.2. The van der Waals surface area contributed by atoms with E-state index in [0.29, 0.717) is 0 Å². The van der Waals surface area contributed by atoms with Crippen LogP contribution in [-0.4, -0.2) is 17.5 Å². The van der Waals surface area contributed by atoms with E-state index in [1.54, 1.807) is 0 Å². The molecule has 0 N–H and O–H groups in total. The molecule has 0 aliphatic rings. The van der Waals surface area contributed by atoms with Gasteiger partial charge in [-0.2, -0.15) is 0 Å². The van der Waals surface area contributed by atoms with Crippen LogP contribution in [0.25, 0.3) is 0 Å². The highest BCUT2D eigenvalue weighted by molar-refractivity contribution is 7.74. The Kier molecular flexibility index (Phi) is 4.87. The molecule has 58 valence electrons. The fourth-order valence-electron chi connectivity index (χ4n) is 0.102. The third-order valence-corrected chi connectivity index (χ3v) is 0.700. The van der Waals surface area contributed by atoms with Crippen LogP contribution < -0.4 is 0 Å². The third kappa shape index (κ3) is 7.38. The number of rotatable bonds is 2. The third-order valence-electron chi connectivity index (χ3n) is 0.261. The molecule has 0 aliphatic carbocycles. The highest BCUT2D eigenvalue weighted by Crippen LogP contribution is 1.76. The first kappa shape index (κ1) is 9.38. The summed E-state index contributed by atoms with van der Waals surface area (Å²) in [5.74, 6) is 0. The van der Waals surface area contributed by atoms with Gasteiger partial charge >= 0.3 is 0 Å². The molecule has 0 aromatic carbocycles. The van der Waals surface area contributed by atoms with Crippen molar-refractivity contribution in [3.63, 3.8) is 0 Å². The molecule has 2 unspecified atom stereocenters. The van der Waals surface area contributed by atoms with E-state index >= 15 is 0 Å². The first-order chi connectivity index (χ1) is 4.63. The largest absolute Gasteiger partial charge is 0.739 e. The predicted octanol–water partition coefficient (Wildman–Crippen LogP) is -1.47. The monoisotopic (exact) mass is 184 g/mol. The van der Waals surface area contributed by atoms with Crippen molar-refractivity contribution in [1.82, 2.24) is 0 Å². The first-order valence-corrected chi connectivity index (χ1v) is 3.66. The van der Waals surface area contributed by atoms with Gasteiger partial charge in [0, 0.05) is 0 Å². The zero-order chi connectivity index (χ0) is 7.98. The molecular formula is C2O6S2-2. The fraction of sp³-hybridized carbons (Fsp3) is 0. The Bertz CT molecular complexity index is 180. The van der Waals surface area contributed by atoms with E-state index < -0.39 is 22.7 Å². The van der Waals surface area contributed by atoms with Crippen molar-refractivity contribution >= 4 is 22.7 Å². The zero-order valence-electron chi connectivity index (χ0n) is 4.27. The van der Waals surface area contributed by atoms with Crippen LogP contribution in [0.3, 0.4) is 0 Å². The van der Waals surface area contributed by atoms with Gasteiger partial charge in [-0.3, -0.25) is 0 Å². The van der Waals surface area contributed by atoms with E-state index in [1.807, 2.05) is 0 Å². The van der Waals surface area contributed by atoms with Gasteiger partial charge in [0.05, 0.1) is 0 Å². The Balaban J connectivity index is 3.51. The molecule has 0 aliphatic heterocycles. The van der Waals surface area contributed by atoms with Crippen LogP contribution in [0.15, 0.2) is 0 Å². The summed E-state index contributed by atoms with van der Waals surface area (Å²) in [4.78, 5) is 0. The Hall–Kier alpha value is -0.620. The van der Waals surface area contributed by atoms with Gasteiger partial charge in [-0.15, -0.1) is 0 Å². The van der Waals surface area contributed by atoms with Gasteiger partial charge in [0.25, 0.3) is 0 Å². The summed E-state index contributed by atoms with van der Waals surface area (Å²) in [6, 6.07) is 0.